The molecule has 0 aromatic carbocycles. The van der Waals surface area contributed by atoms with Crippen LogP contribution in [0.4, 0.5) is 4.79 Å². The number of urea groups is 1. The SMILES string of the molecule is Cn1ccnc1C1CCCN1CCN1C(=O)NC2(CCCC2)C1=O. The molecule has 1 N–H and O–H groups in total. The maximum atomic E-state index is 12.7. The van der Waals surface area contributed by atoms with E-state index in [9.17, 15) is 9.59 Å². The van der Waals surface area contributed by atoms with Crippen LogP contribution in [-0.2, 0) is 11.8 Å². The Balaban J connectivity index is 1.42. The summed E-state index contributed by atoms with van der Waals surface area (Å²) < 4.78 is 2.06. The van der Waals surface area contributed by atoms with Gasteiger partial charge in [-0.15, -0.1) is 0 Å². The van der Waals surface area contributed by atoms with Gasteiger partial charge in [0.2, 0.25) is 0 Å². The third kappa shape index (κ3) is 2.42. The van der Waals surface area contributed by atoms with Crippen LogP contribution in [0.5, 0.6) is 0 Å². The van der Waals surface area contributed by atoms with Gasteiger partial charge in [-0.25, -0.2) is 9.78 Å². The van der Waals surface area contributed by atoms with Crippen LogP contribution in [0.25, 0.3) is 0 Å². The van der Waals surface area contributed by atoms with Crippen molar-refractivity contribution in [2.75, 3.05) is 19.6 Å². The Labute approximate surface area is 142 Å². The Hall–Kier alpha value is -1.89. The number of amides is 3. The first-order valence-electron chi connectivity index (χ1n) is 8.96. The minimum absolute atomic E-state index is 0.0160. The number of hydrogen-bond donors (Lipinski definition) is 1. The molecule has 1 aliphatic carbocycles. The zero-order valence-corrected chi connectivity index (χ0v) is 14.2. The molecule has 1 spiro atoms. The molecular weight excluding hydrogens is 306 g/mol. The molecule has 1 saturated carbocycles. The Kier molecular flexibility index (Phi) is 3.83. The van der Waals surface area contributed by atoms with E-state index in [-0.39, 0.29) is 18.0 Å². The lowest BCUT2D eigenvalue weighted by molar-refractivity contribution is -0.131. The molecule has 24 heavy (non-hydrogen) atoms. The standard InChI is InChI=1S/C17H25N5O2/c1-20-10-8-18-14(20)13-5-4-9-21(13)11-12-22-15(23)17(19-16(22)24)6-2-3-7-17/h8,10,13H,2-7,9,11-12H2,1H3,(H,19,24). The minimum atomic E-state index is -0.596. The number of imidazole rings is 1. The third-order valence-electron chi connectivity index (χ3n) is 5.83. The van der Waals surface area contributed by atoms with Gasteiger partial charge in [-0.3, -0.25) is 14.6 Å². The lowest BCUT2D eigenvalue weighted by Gasteiger charge is -2.26. The molecule has 1 atom stereocenters. The minimum Gasteiger partial charge on any atom is -0.337 e. The van der Waals surface area contributed by atoms with E-state index >= 15 is 0 Å². The number of aryl methyl sites for hydroxylation is 1. The number of nitrogens with zero attached hydrogens (tertiary/aromatic N) is 4. The van der Waals surface area contributed by atoms with E-state index < -0.39 is 5.54 Å². The van der Waals surface area contributed by atoms with Crippen LogP contribution in [0.15, 0.2) is 12.4 Å². The van der Waals surface area contributed by atoms with E-state index in [2.05, 4.69) is 19.8 Å². The summed E-state index contributed by atoms with van der Waals surface area (Å²) in [6.07, 6.45) is 9.61. The lowest BCUT2D eigenvalue weighted by atomic mass is 9.98. The summed E-state index contributed by atoms with van der Waals surface area (Å²) >= 11 is 0. The van der Waals surface area contributed by atoms with Crippen LogP contribution in [0.1, 0.15) is 50.4 Å². The highest BCUT2D eigenvalue weighted by Gasteiger charge is 2.52. The number of likely N-dealkylation sites (tertiary alicyclic amines) is 1. The monoisotopic (exact) mass is 331 g/mol. The molecule has 3 aliphatic rings. The van der Waals surface area contributed by atoms with Gasteiger partial charge in [0.25, 0.3) is 5.91 Å². The van der Waals surface area contributed by atoms with E-state index in [0.717, 1.165) is 50.9 Å². The second-order valence-corrected chi connectivity index (χ2v) is 7.27. The summed E-state index contributed by atoms with van der Waals surface area (Å²) in [6.45, 7) is 2.17. The molecule has 3 amide bonds. The Morgan fingerprint density at radius 3 is 2.75 bits per heavy atom. The van der Waals surface area contributed by atoms with Gasteiger partial charge in [-0.05, 0) is 32.2 Å². The number of nitrogens with one attached hydrogen (secondary N) is 1. The number of carbonyl (C=O) groups is 2. The smallest absolute Gasteiger partial charge is 0.325 e. The van der Waals surface area contributed by atoms with Gasteiger partial charge in [0.15, 0.2) is 0 Å². The topological polar surface area (TPSA) is 70.5 Å². The molecule has 0 bridgehead atoms. The van der Waals surface area contributed by atoms with Crippen LogP contribution in [0, 0.1) is 0 Å². The number of rotatable bonds is 4. The molecule has 0 radical (unpaired) electrons. The van der Waals surface area contributed by atoms with Crippen molar-refractivity contribution in [2.24, 2.45) is 7.05 Å². The van der Waals surface area contributed by atoms with Crippen molar-refractivity contribution < 1.29 is 9.59 Å². The second-order valence-electron chi connectivity index (χ2n) is 7.27. The highest BCUT2D eigenvalue weighted by atomic mass is 16.2. The van der Waals surface area contributed by atoms with Crippen molar-refractivity contribution in [2.45, 2.75) is 50.1 Å². The summed E-state index contributed by atoms with van der Waals surface area (Å²) in [5.74, 6) is 1.05. The van der Waals surface area contributed by atoms with Gasteiger partial charge in [-0.2, -0.15) is 0 Å². The first-order valence-corrected chi connectivity index (χ1v) is 8.96. The second kappa shape index (κ2) is 5.88. The zero-order valence-electron chi connectivity index (χ0n) is 14.2. The van der Waals surface area contributed by atoms with Gasteiger partial charge < -0.3 is 9.88 Å². The largest absolute Gasteiger partial charge is 0.337 e. The molecule has 1 unspecified atom stereocenters. The summed E-state index contributed by atoms with van der Waals surface area (Å²) in [7, 11) is 2.01. The zero-order chi connectivity index (χ0) is 16.7. The molecule has 3 fully saturated rings. The maximum absolute atomic E-state index is 12.7. The van der Waals surface area contributed by atoms with Gasteiger partial charge in [0.1, 0.15) is 11.4 Å². The molecule has 1 aromatic heterocycles. The van der Waals surface area contributed by atoms with Crippen molar-refractivity contribution in [1.29, 1.82) is 0 Å². The summed E-state index contributed by atoms with van der Waals surface area (Å²) in [4.78, 5) is 33.2. The molecule has 7 heteroatoms. The fraction of sp³-hybridized carbons (Fsp3) is 0.706. The summed E-state index contributed by atoms with van der Waals surface area (Å²) in [5.41, 5.74) is -0.596. The quantitative estimate of drug-likeness (QED) is 0.847. The molecule has 4 rings (SSSR count). The van der Waals surface area contributed by atoms with Crippen LogP contribution in [-0.4, -0.2) is 56.5 Å². The average Bonchev–Trinajstić information content (AvgIpc) is 3.30. The van der Waals surface area contributed by atoms with Crippen molar-refractivity contribution in [3.8, 4) is 0 Å². The molecule has 2 saturated heterocycles. The van der Waals surface area contributed by atoms with Crippen molar-refractivity contribution in [3.05, 3.63) is 18.2 Å². The van der Waals surface area contributed by atoms with Crippen molar-refractivity contribution in [3.63, 3.8) is 0 Å². The molecule has 130 valence electrons. The normalized spacial score (nSPS) is 26.7. The Morgan fingerprint density at radius 2 is 2.04 bits per heavy atom. The average molecular weight is 331 g/mol. The number of imide groups is 1. The third-order valence-corrected chi connectivity index (χ3v) is 5.83. The van der Waals surface area contributed by atoms with Crippen LogP contribution >= 0.6 is 0 Å². The molecule has 2 aliphatic heterocycles. The van der Waals surface area contributed by atoms with Gasteiger partial charge in [-0.1, -0.05) is 12.8 Å². The highest BCUT2D eigenvalue weighted by Crippen LogP contribution is 2.35. The first kappa shape index (κ1) is 15.6. The Morgan fingerprint density at radius 1 is 1.25 bits per heavy atom. The molecular formula is C17H25N5O2. The molecule has 3 heterocycles. The lowest BCUT2D eigenvalue weighted by Crippen LogP contribution is -2.44. The first-order chi connectivity index (χ1) is 11.6. The van der Waals surface area contributed by atoms with Gasteiger partial charge >= 0.3 is 6.03 Å². The van der Waals surface area contributed by atoms with Crippen LogP contribution in [0.2, 0.25) is 0 Å². The van der Waals surface area contributed by atoms with E-state index in [0.29, 0.717) is 13.1 Å². The highest BCUT2D eigenvalue weighted by molar-refractivity contribution is 6.07. The number of hydrogen-bond acceptors (Lipinski definition) is 4. The van der Waals surface area contributed by atoms with Gasteiger partial charge in [0.05, 0.1) is 6.04 Å². The fourth-order valence-corrected chi connectivity index (χ4v) is 4.51. The predicted octanol–water partition coefficient (Wildman–Crippen LogP) is 1.42. The maximum Gasteiger partial charge on any atom is 0.325 e. The number of aromatic nitrogens is 2. The van der Waals surface area contributed by atoms with E-state index in [1.54, 1.807) is 0 Å². The van der Waals surface area contributed by atoms with E-state index in [4.69, 9.17) is 0 Å². The fourth-order valence-electron chi connectivity index (χ4n) is 4.51. The van der Waals surface area contributed by atoms with Crippen LogP contribution < -0.4 is 5.32 Å². The van der Waals surface area contributed by atoms with Crippen molar-refractivity contribution >= 4 is 11.9 Å². The van der Waals surface area contributed by atoms with Crippen LogP contribution in [0.3, 0.4) is 0 Å². The summed E-state index contributed by atoms with van der Waals surface area (Å²) in [6, 6.07) is 0.0702. The summed E-state index contributed by atoms with van der Waals surface area (Å²) in [5, 5.41) is 2.95. The van der Waals surface area contributed by atoms with Gasteiger partial charge in [0, 0.05) is 32.5 Å². The van der Waals surface area contributed by atoms with Crippen molar-refractivity contribution in [1.82, 2.24) is 24.7 Å². The Bertz CT molecular complexity index is 649. The number of carbonyl (C=O) groups excluding carboxylic acids is 2. The van der Waals surface area contributed by atoms with E-state index in [1.165, 1.54) is 4.90 Å². The predicted molar refractivity (Wildman–Crippen MR) is 88.2 cm³/mol. The van der Waals surface area contributed by atoms with E-state index in [1.807, 2.05) is 19.4 Å². The molecule has 7 nitrogen and oxygen atoms in total. The molecule has 1 aromatic rings.